The van der Waals surface area contributed by atoms with Crippen LogP contribution in [0, 0.1) is 13.8 Å². The van der Waals surface area contributed by atoms with Crippen molar-refractivity contribution in [3.63, 3.8) is 0 Å². The van der Waals surface area contributed by atoms with Gasteiger partial charge < -0.3 is 5.32 Å². The minimum atomic E-state index is 0.173. The molecule has 0 amide bonds. The normalized spacial score (nSPS) is 12.4. The predicted molar refractivity (Wildman–Crippen MR) is 78.1 cm³/mol. The number of nitrogens with zero attached hydrogens (tertiary/aromatic N) is 2. The van der Waals surface area contributed by atoms with Gasteiger partial charge in [0, 0.05) is 12.4 Å². The molecule has 0 saturated carbocycles. The molecular weight excluding hydrogens is 234 g/mol. The van der Waals surface area contributed by atoms with E-state index in [4.69, 9.17) is 0 Å². The first-order valence-electron chi connectivity index (χ1n) is 6.77. The van der Waals surface area contributed by atoms with E-state index in [0.29, 0.717) is 0 Å². The molecule has 1 N–H and O–H groups in total. The standard InChI is InChI=1S/C16H21N3/c1-4-17-15(16-18-8-5-9-19-16)11-14-10-12(2)6-7-13(14)3/h5-10,15,17H,4,11H2,1-3H3. The number of hydrogen-bond donors (Lipinski definition) is 1. The second-order valence-corrected chi connectivity index (χ2v) is 4.85. The summed E-state index contributed by atoms with van der Waals surface area (Å²) in [7, 11) is 0. The van der Waals surface area contributed by atoms with Crippen molar-refractivity contribution >= 4 is 0 Å². The maximum absolute atomic E-state index is 4.37. The maximum Gasteiger partial charge on any atom is 0.145 e. The topological polar surface area (TPSA) is 37.8 Å². The molecule has 0 aliphatic rings. The highest BCUT2D eigenvalue weighted by Gasteiger charge is 2.14. The maximum atomic E-state index is 4.37. The SMILES string of the molecule is CCNC(Cc1cc(C)ccc1C)c1ncccn1. The Bertz CT molecular complexity index is 523. The Morgan fingerprint density at radius 2 is 1.89 bits per heavy atom. The Balaban J connectivity index is 2.24. The van der Waals surface area contributed by atoms with Gasteiger partial charge in [0.15, 0.2) is 0 Å². The molecule has 19 heavy (non-hydrogen) atoms. The summed E-state index contributed by atoms with van der Waals surface area (Å²) in [6.07, 6.45) is 4.52. The van der Waals surface area contributed by atoms with Crippen LogP contribution in [0.4, 0.5) is 0 Å². The van der Waals surface area contributed by atoms with Crippen LogP contribution in [0.15, 0.2) is 36.7 Å². The molecule has 2 aromatic rings. The summed E-state index contributed by atoms with van der Waals surface area (Å²) in [6.45, 7) is 7.31. The van der Waals surface area contributed by atoms with Crippen molar-refractivity contribution < 1.29 is 0 Å². The highest BCUT2D eigenvalue weighted by atomic mass is 15.0. The third-order valence-electron chi connectivity index (χ3n) is 3.28. The van der Waals surface area contributed by atoms with Gasteiger partial charge in [0.25, 0.3) is 0 Å². The first-order valence-corrected chi connectivity index (χ1v) is 6.77. The lowest BCUT2D eigenvalue weighted by molar-refractivity contribution is 0.520. The number of aryl methyl sites for hydroxylation is 2. The van der Waals surface area contributed by atoms with Gasteiger partial charge in [-0.1, -0.05) is 30.7 Å². The average molecular weight is 255 g/mol. The molecule has 2 rings (SSSR count). The Kier molecular flexibility index (Phi) is 4.63. The number of aromatic nitrogens is 2. The number of benzene rings is 1. The van der Waals surface area contributed by atoms with Crippen LogP contribution in [0.3, 0.4) is 0 Å². The molecule has 1 unspecified atom stereocenters. The molecule has 1 atom stereocenters. The monoisotopic (exact) mass is 255 g/mol. The fourth-order valence-corrected chi connectivity index (χ4v) is 2.23. The quantitative estimate of drug-likeness (QED) is 0.892. The number of rotatable bonds is 5. The summed E-state index contributed by atoms with van der Waals surface area (Å²) in [5.41, 5.74) is 3.98. The van der Waals surface area contributed by atoms with Crippen LogP contribution in [0.1, 0.15) is 35.5 Å². The molecule has 3 heteroatoms. The predicted octanol–water partition coefficient (Wildman–Crippen LogP) is 2.99. The van der Waals surface area contributed by atoms with Gasteiger partial charge in [-0.3, -0.25) is 0 Å². The lowest BCUT2D eigenvalue weighted by Crippen LogP contribution is -2.25. The first-order chi connectivity index (χ1) is 9.20. The van der Waals surface area contributed by atoms with E-state index < -0.39 is 0 Å². The fourth-order valence-electron chi connectivity index (χ4n) is 2.23. The molecule has 0 aliphatic carbocycles. The van der Waals surface area contributed by atoms with Crippen LogP contribution in [-0.2, 0) is 6.42 Å². The van der Waals surface area contributed by atoms with Crippen molar-refractivity contribution in [1.29, 1.82) is 0 Å². The van der Waals surface area contributed by atoms with E-state index in [0.717, 1.165) is 18.8 Å². The molecule has 0 aliphatic heterocycles. The van der Waals surface area contributed by atoms with Gasteiger partial charge in [0.2, 0.25) is 0 Å². The van der Waals surface area contributed by atoms with Crippen molar-refractivity contribution in [3.05, 3.63) is 59.2 Å². The zero-order valence-electron chi connectivity index (χ0n) is 11.9. The summed E-state index contributed by atoms with van der Waals surface area (Å²) in [5.74, 6) is 0.866. The Morgan fingerprint density at radius 1 is 1.16 bits per heavy atom. The van der Waals surface area contributed by atoms with Gasteiger partial charge in [-0.25, -0.2) is 9.97 Å². The molecule has 100 valence electrons. The third-order valence-corrected chi connectivity index (χ3v) is 3.28. The van der Waals surface area contributed by atoms with Crippen LogP contribution in [0.25, 0.3) is 0 Å². The lowest BCUT2D eigenvalue weighted by Gasteiger charge is -2.18. The fraction of sp³-hybridized carbons (Fsp3) is 0.375. The van der Waals surface area contributed by atoms with Crippen LogP contribution in [0.5, 0.6) is 0 Å². The van der Waals surface area contributed by atoms with Crippen molar-refractivity contribution in [2.24, 2.45) is 0 Å². The van der Waals surface area contributed by atoms with Gasteiger partial charge in [-0.15, -0.1) is 0 Å². The zero-order chi connectivity index (χ0) is 13.7. The highest BCUT2D eigenvalue weighted by molar-refractivity contribution is 5.31. The minimum absolute atomic E-state index is 0.173. The van der Waals surface area contributed by atoms with E-state index in [1.54, 1.807) is 12.4 Å². The summed E-state index contributed by atoms with van der Waals surface area (Å²) >= 11 is 0. The van der Waals surface area contributed by atoms with E-state index in [-0.39, 0.29) is 6.04 Å². The van der Waals surface area contributed by atoms with E-state index in [1.165, 1.54) is 16.7 Å². The Morgan fingerprint density at radius 3 is 2.58 bits per heavy atom. The van der Waals surface area contributed by atoms with Crippen LogP contribution in [-0.4, -0.2) is 16.5 Å². The largest absolute Gasteiger partial charge is 0.307 e. The zero-order valence-corrected chi connectivity index (χ0v) is 11.9. The molecule has 0 radical (unpaired) electrons. The van der Waals surface area contributed by atoms with Gasteiger partial charge in [0.05, 0.1) is 6.04 Å². The van der Waals surface area contributed by atoms with Gasteiger partial charge in [-0.2, -0.15) is 0 Å². The van der Waals surface area contributed by atoms with E-state index >= 15 is 0 Å². The van der Waals surface area contributed by atoms with Crippen molar-refractivity contribution in [3.8, 4) is 0 Å². The van der Waals surface area contributed by atoms with Crippen molar-refractivity contribution in [1.82, 2.24) is 15.3 Å². The van der Waals surface area contributed by atoms with E-state index in [9.17, 15) is 0 Å². The highest BCUT2D eigenvalue weighted by Crippen LogP contribution is 2.19. The van der Waals surface area contributed by atoms with Gasteiger partial charge in [-0.05, 0) is 44.0 Å². The summed E-state index contributed by atoms with van der Waals surface area (Å²) in [5, 5.41) is 3.47. The molecule has 1 aromatic carbocycles. The number of nitrogens with one attached hydrogen (secondary N) is 1. The van der Waals surface area contributed by atoms with Crippen LogP contribution in [0.2, 0.25) is 0 Å². The molecule has 0 spiro atoms. The summed E-state index contributed by atoms with van der Waals surface area (Å²) < 4.78 is 0. The van der Waals surface area contributed by atoms with Crippen molar-refractivity contribution in [2.75, 3.05) is 6.54 Å². The summed E-state index contributed by atoms with van der Waals surface area (Å²) in [6, 6.07) is 8.61. The third kappa shape index (κ3) is 3.61. The number of hydrogen-bond acceptors (Lipinski definition) is 3. The van der Waals surface area contributed by atoms with Crippen LogP contribution < -0.4 is 5.32 Å². The Hall–Kier alpha value is -1.74. The van der Waals surface area contributed by atoms with Gasteiger partial charge >= 0.3 is 0 Å². The van der Waals surface area contributed by atoms with E-state index in [1.807, 2.05) is 6.07 Å². The van der Waals surface area contributed by atoms with E-state index in [2.05, 4.69) is 54.3 Å². The summed E-state index contributed by atoms with van der Waals surface area (Å²) in [4.78, 5) is 8.74. The molecule has 3 nitrogen and oxygen atoms in total. The molecule has 1 heterocycles. The molecule has 1 aromatic heterocycles. The lowest BCUT2D eigenvalue weighted by atomic mass is 9.98. The second kappa shape index (κ2) is 6.43. The first kappa shape index (κ1) is 13.7. The minimum Gasteiger partial charge on any atom is -0.307 e. The molecular formula is C16H21N3. The second-order valence-electron chi connectivity index (χ2n) is 4.85. The smallest absolute Gasteiger partial charge is 0.145 e. The molecule has 0 saturated heterocycles. The molecule has 0 bridgehead atoms. The average Bonchev–Trinajstić information content (AvgIpc) is 2.43. The molecule has 0 fully saturated rings. The number of likely N-dealkylation sites (N-methyl/N-ethyl adjacent to an activating group) is 1. The Labute approximate surface area is 115 Å². The van der Waals surface area contributed by atoms with Crippen LogP contribution >= 0.6 is 0 Å². The van der Waals surface area contributed by atoms with Gasteiger partial charge in [0.1, 0.15) is 5.82 Å². The van der Waals surface area contributed by atoms with Crippen molar-refractivity contribution in [2.45, 2.75) is 33.2 Å².